The molecule has 5 heteroatoms. The standard InChI is InChI=1S/C13H12ClNO3/c1-3-4-11(13(17)18)15-12(16)10-6-5-9(14)7-8(10)2/h1,5-7,11H,4H2,2H3,(H,15,16)(H,17,18). The molecule has 1 amide bonds. The molecule has 0 saturated heterocycles. The molecule has 0 fully saturated rings. The highest BCUT2D eigenvalue weighted by atomic mass is 35.5. The zero-order valence-electron chi connectivity index (χ0n) is 9.74. The van der Waals surface area contributed by atoms with Gasteiger partial charge in [0.2, 0.25) is 0 Å². The fraction of sp³-hybridized carbons (Fsp3) is 0.231. The highest BCUT2D eigenvalue weighted by Gasteiger charge is 2.20. The highest BCUT2D eigenvalue weighted by molar-refractivity contribution is 6.30. The molecule has 1 rings (SSSR count). The van der Waals surface area contributed by atoms with Gasteiger partial charge in [-0.1, -0.05) is 11.6 Å². The molecule has 0 radical (unpaired) electrons. The number of carbonyl (C=O) groups is 2. The van der Waals surface area contributed by atoms with E-state index in [0.717, 1.165) is 0 Å². The summed E-state index contributed by atoms with van der Waals surface area (Å²) in [7, 11) is 0. The van der Waals surface area contributed by atoms with Crippen LogP contribution in [0.5, 0.6) is 0 Å². The molecule has 4 nitrogen and oxygen atoms in total. The van der Waals surface area contributed by atoms with Gasteiger partial charge in [-0.3, -0.25) is 4.79 Å². The Kier molecular flexibility index (Phi) is 4.75. The van der Waals surface area contributed by atoms with E-state index in [2.05, 4.69) is 11.2 Å². The number of aryl methyl sites for hydroxylation is 1. The van der Waals surface area contributed by atoms with Crippen LogP contribution < -0.4 is 5.32 Å². The van der Waals surface area contributed by atoms with Gasteiger partial charge in [0.05, 0.1) is 0 Å². The normalized spacial score (nSPS) is 11.4. The zero-order valence-corrected chi connectivity index (χ0v) is 10.5. The van der Waals surface area contributed by atoms with Crippen LogP contribution in [0.1, 0.15) is 22.3 Å². The molecule has 0 heterocycles. The molecule has 1 aromatic rings. The molecule has 0 aliphatic carbocycles. The lowest BCUT2D eigenvalue weighted by Gasteiger charge is -2.13. The first-order valence-electron chi connectivity index (χ1n) is 5.19. The molecule has 0 aliphatic heterocycles. The molecule has 0 bridgehead atoms. The quantitative estimate of drug-likeness (QED) is 0.817. The molecule has 0 spiro atoms. The number of aliphatic carboxylic acids is 1. The number of benzene rings is 1. The van der Waals surface area contributed by atoms with Gasteiger partial charge in [-0.2, -0.15) is 0 Å². The summed E-state index contributed by atoms with van der Waals surface area (Å²) >= 11 is 5.78. The van der Waals surface area contributed by atoms with Gasteiger partial charge in [-0.25, -0.2) is 4.79 Å². The van der Waals surface area contributed by atoms with Crippen molar-refractivity contribution in [1.82, 2.24) is 5.32 Å². The van der Waals surface area contributed by atoms with Crippen molar-refractivity contribution in [3.8, 4) is 12.3 Å². The maximum absolute atomic E-state index is 11.9. The van der Waals surface area contributed by atoms with Crippen LogP contribution in [0.25, 0.3) is 0 Å². The molecule has 0 aromatic heterocycles. The first-order valence-corrected chi connectivity index (χ1v) is 5.56. The number of terminal acetylenes is 1. The molecule has 1 aromatic carbocycles. The average molecular weight is 266 g/mol. The van der Waals surface area contributed by atoms with Crippen molar-refractivity contribution in [3.05, 3.63) is 34.3 Å². The minimum atomic E-state index is -1.16. The van der Waals surface area contributed by atoms with Crippen LogP contribution in [0.2, 0.25) is 5.02 Å². The number of hydrogen-bond donors (Lipinski definition) is 2. The van der Waals surface area contributed by atoms with Crippen molar-refractivity contribution < 1.29 is 14.7 Å². The van der Waals surface area contributed by atoms with Crippen molar-refractivity contribution in [3.63, 3.8) is 0 Å². The van der Waals surface area contributed by atoms with E-state index in [4.69, 9.17) is 23.1 Å². The van der Waals surface area contributed by atoms with E-state index in [1.165, 1.54) is 0 Å². The zero-order chi connectivity index (χ0) is 13.7. The minimum Gasteiger partial charge on any atom is -0.480 e. The van der Waals surface area contributed by atoms with E-state index < -0.39 is 17.9 Å². The Morgan fingerprint density at radius 3 is 2.72 bits per heavy atom. The third-order valence-electron chi connectivity index (χ3n) is 2.36. The lowest BCUT2D eigenvalue weighted by molar-refractivity contribution is -0.139. The second kappa shape index (κ2) is 6.08. The Morgan fingerprint density at radius 2 is 2.22 bits per heavy atom. The fourth-order valence-electron chi connectivity index (χ4n) is 1.44. The maximum Gasteiger partial charge on any atom is 0.327 e. The van der Waals surface area contributed by atoms with Crippen LogP contribution in [-0.4, -0.2) is 23.0 Å². The van der Waals surface area contributed by atoms with Gasteiger partial charge in [0.15, 0.2) is 0 Å². The molecule has 18 heavy (non-hydrogen) atoms. The Bertz CT molecular complexity index is 519. The van der Waals surface area contributed by atoms with Gasteiger partial charge >= 0.3 is 5.97 Å². The Hall–Kier alpha value is -1.99. The Morgan fingerprint density at radius 1 is 1.56 bits per heavy atom. The van der Waals surface area contributed by atoms with Gasteiger partial charge in [0.25, 0.3) is 5.91 Å². The average Bonchev–Trinajstić information content (AvgIpc) is 2.27. The highest BCUT2D eigenvalue weighted by Crippen LogP contribution is 2.15. The maximum atomic E-state index is 11.9. The predicted octanol–water partition coefficient (Wildman–Crippen LogP) is 1.85. The number of carboxylic acid groups (broad SMARTS) is 1. The van der Waals surface area contributed by atoms with E-state index in [0.29, 0.717) is 16.1 Å². The van der Waals surface area contributed by atoms with Gasteiger partial charge in [0, 0.05) is 17.0 Å². The summed E-state index contributed by atoms with van der Waals surface area (Å²) in [4.78, 5) is 22.7. The van der Waals surface area contributed by atoms with Crippen molar-refractivity contribution in [2.75, 3.05) is 0 Å². The van der Waals surface area contributed by atoms with E-state index in [9.17, 15) is 9.59 Å². The first-order chi connectivity index (χ1) is 8.45. The topological polar surface area (TPSA) is 66.4 Å². The summed E-state index contributed by atoms with van der Waals surface area (Å²) in [6, 6.07) is 3.66. The van der Waals surface area contributed by atoms with Crippen molar-refractivity contribution in [2.24, 2.45) is 0 Å². The van der Waals surface area contributed by atoms with Gasteiger partial charge in [-0.05, 0) is 30.7 Å². The summed E-state index contributed by atoms with van der Waals surface area (Å²) in [5, 5.41) is 11.8. The van der Waals surface area contributed by atoms with Gasteiger partial charge < -0.3 is 10.4 Å². The molecule has 2 N–H and O–H groups in total. The van der Waals surface area contributed by atoms with E-state index in [1.54, 1.807) is 25.1 Å². The minimum absolute atomic E-state index is 0.0618. The lowest BCUT2D eigenvalue weighted by atomic mass is 10.1. The van der Waals surface area contributed by atoms with E-state index in [-0.39, 0.29) is 6.42 Å². The fourth-order valence-corrected chi connectivity index (χ4v) is 1.66. The number of nitrogens with one attached hydrogen (secondary N) is 1. The summed E-state index contributed by atoms with van der Waals surface area (Å²) in [5.41, 5.74) is 1.05. The Balaban J connectivity index is 2.87. The summed E-state index contributed by atoms with van der Waals surface area (Å²) in [6.45, 7) is 1.72. The largest absolute Gasteiger partial charge is 0.480 e. The summed E-state index contributed by atoms with van der Waals surface area (Å²) in [5.74, 6) is 0.574. The van der Waals surface area contributed by atoms with Crippen molar-refractivity contribution >= 4 is 23.5 Å². The predicted molar refractivity (Wildman–Crippen MR) is 68.5 cm³/mol. The van der Waals surface area contributed by atoms with Crippen LogP contribution in [0.3, 0.4) is 0 Å². The Labute approximate surface area is 110 Å². The van der Waals surface area contributed by atoms with Gasteiger partial charge in [-0.15, -0.1) is 12.3 Å². The van der Waals surface area contributed by atoms with E-state index in [1.807, 2.05) is 0 Å². The van der Waals surface area contributed by atoms with Crippen LogP contribution >= 0.6 is 11.6 Å². The molecular formula is C13H12ClNO3. The lowest BCUT2D eigenvalue weighted by Crippen LogP contribution is -2.40. The third-order valence-corrected chi connectivity index (χ3v) is 2.59. The molecule has 0 saturated carbocycles. The molecule has 0 aliphatic rings. The SMILES string of the molecule is C#CCC(NC(=O)c1ccc(Cl)cc1C)C(=O)O. The molecular weight excluding hydrogens is 254 g/mol. The summed E-state index contributed by atoms with van der Waals surface area (Å²) in [6.07, 6.45) is 4.99. The van der Waals surface area contributed by atoms with Crippen LogP contribution in [-0.2, 0) is 4.79 Å². The molecule has 94 valence electrons. The van der Waals surface area contributed by atoms with Crippen LogP contribution in [0.15, 0.2) is 18.2 Å². The molecule has 1 unspecified atom stereocenters. The van der Waals surface area contributed by atoms with Crippen LogP contribution in [0, 0.1) is 19.3 Å². The second-order valence-corrected chi connectivity index (χ2v) is 4.17. The smallest absolute Gasteiger partial charge is 0.327 e. The number of hydrogen-bond acceptors (Lipinski definition) is 2. The van der Waals surface area contributed by atoms with Gasteiger partial charge in [0.1, 0.15) is 6.04 Å². The van der Waals surface area contributed by atoms with Crippen molar-refractivity contribution in [1.29, 1.82) is 0 Å². The number of rotatable bonds is 4. The second-order valence-electron chi connectivity index (χ2n) is 3.73. The first kappa shape index (κ1) is 14.1. The molecule has 1 atom stereocenters. The number of amides is 1. The van der Waals surface area contributed by atoms with Crippen LogP contribution in [0.4, 0.5) is 0 Å². The van der Waals surface area contributed by atoms with Crippen molar-refractivity contribution in [2.45, 2.75) is 19.4 Å². The number of carboxylic acids is 1. The third kappa shape index (κ3) is 3.51. The number of carbonyl (C=O) groups excluding carboxylic acids is 1. The van der Waals surface area contributed by atoms with E-state index >= 15 is 0 Å². The summed E-state index contributed by atoms with van der Waals surface area (Å²) < 4.78 is 0. The number of halogens is 1. The monoisotopic (exact) mass is 265 g/mol.